The molecule has 2 aromatic heterocycles. The molecule has 7 nitrogen and oxygen atoms in total. The van der Waals surface area contributed by atoms with Crippen LogP contribution < -0.4 is 15.8 Å². The minimum Gasteiger partial charge on any atom is -0.378 e. The molecule has 1 aliphatic heterocycles. The second-order valence-electron chi connectivity index (χ2n) is 7.51. The lowest BCUT2D eigenvalue weighted by molar-refractivity contribution is 0.102. The number of pyridine rings is 2. The lowest BCUT2D eigenvalue weighted by Crippen LogP contribution is -2.36. The molecule has 7 heteroatoms. The van der Waals surface area contributed by atoms with E-state index >= 15 is 0 Å². The molecule has 28 heavy (non-hydrogen) atoms. The van der Waals surface area contributed by atoms with E-state index in [1.165, 1.54) is 0 Å². The summed E-state index contributed by atoms with van der Waals surface area (Å²) in [5.41, 5.74) is 1.17. The van der Waals surface area contributed by atoms with Crippen LogP contribution in [0.5, 0.6) is 0 Å². The van der Waals surface area contributed by atoms with Gasteiger partial charge in [-0.25, -0.2) is 4.98 Å². The zero-order valence-electron chi connectivity index (χ0n) is 16.8. The third-order valence-electron chi connectivity index (χ3n) is 4.89. The van der Waals surface area contributed by atoms with Gasteiger partial charge in [0, 0.05) is 25.8 Å². The highest BCUT2D eigenvalue weighted by Crippen LogP contribution is 2.16. The van der Waals surface area contributed by atoms with E-state index in [1.54, 1.807) is 23.9 Å². The molecule has 1 N–H and O–H groups in total. The van der Waals surface area contributed by atoms with Crippen LogP contribution in [0.4, 0.5) is 11.5 Å². The fourth-order valence-corrected chi connectivity index (χ4v) is 3.15. The molecule has 1 amide bonds. The van der Waals surface area contributed by atoms with Crippen molar-refractivity contribution in [3.05, 3.63) is 52.1 Å². The lowest BCUT2D eigenvalue weighted by atomic mass is 10.1. The number of nitrogens with zero attached hydrogens (tertiary/aromatic N) is 3. The smallest absolute Gasteiger partial charge is 0.263 e. The average Bonchev–Trinajstić information content (AvgIpc) is 2.68. The maximum Gasteiger partial charge on any atom is 0.263 e. The minimum atomic E-state index is -0.401. The van der Waals surface area contributed by atoms with Crippen LogP contribution in [0.25, 0.3) is 0 Å². The molecule has 0 radical (unpaired) electrons. The van der Waals surface area contributed by atoms with E-state index < -0.39 is 5.91 Å². The van der Waals surface area contributed by atoms with Gasteiger partial charge in [-0.2, -0.15) is 0 Å². The van der Waals surface area contributed by atoms with Crippen LogP contribution in [-0.4, -0.2) is 41.8 Å². The highest BCUT2D eigenvalue weighted by Gasteiger charge is 2.17. The number of ether oxygens (including phenoxy) is 1. The van der Waals surface area contributed by atoms with Gasteiger partial charge in [0.15, 0.2) is 0 Å². The van der Waals surface area contributed by atoms with Crippen LogP contribution in [0.1, 0.15) is 36.2 Å². The maximum atomic E-state index is 12.8. The Balaban J connectivity index is 1.73. The molecular weight excluding hydrogens is 356 g/mol. The molecule has 3 rings (SSSR count). The molecule has 1 aliphatic rings. The van der Waals surface area contributed by atoms with Crippen molar-refractivity contribution in [2.24, 2.45) is 5.92 Å². The standard InChI is InChI=1S/C21H28N4O3/c1-15(2)6-8-25-9-7-16(3)19(21(25)27)20(26)23-17-4-5-18(22-14-17)24-10-12-28-13-11-24/h4-5,7,9,14-15H,6,8,10-13H2,1-3H3,(H,23,26). The Morgan fingerprint density at radius 1 is 1.25 bits per heavy atom. The molecule has 0 atom stereocenters. The molecular formula is C21H28N4O3. The molecule has 0 spiro atoms. The van der Waals surface area contributed by atoms with Gasteiger partial charge in [-0.3, -0.25) is 9.59 Å². The van der Waals surface area contributed by atoms with Gasteiger partial charge >= 0.3 is 0 Å². The molecule has 0 saturated carbocycles. The highest BCUT2D eigenvalue weighted by molar-refractivity contribution is 6.04. The Bertz CT molecular complexity index is 868. The van der Waals surface area contributed by atoms with Crippen molar-refractivity contribution in [1.29, 1.82) is 0 Å². The van der Waals surface area contributed by atoms with Gasteiger partial charge in [0.05, 0.1) is 25.1 Å². The Hall–Kier alpha value is -2.67. The second-order valence-corrected chi connectivity index (χ2v) is 7.51. The van der Waals surface area contributed by atoms with Crippen LogP contribution in [0.2, 0.25) is 0 Å². The zero-order valence-corrected chi connectivity index (χ0v) is 16.8. The predicted octanol–water partition coefficient (Wildman–Crippen LogP) is 2.69. The van der Waals surface area contributed by atoms with Crippen LogP contribution in [-0.2, 0) is 11.3 Å². The third kappa shape index (κ3) is 4.78. The van der Waals surface area contributed by atoms with Gasteiger partial charge in [0.25, 0.3) is 11.5 Å². The molecule has 1 saturated heterocycles. The Labute approximate surface area is 165 Å². The molecule has 0 unspecified atom stereocenters. The van der Waals surface area contributed by atoms with Crippen molar-refractivity contribution >= 4 is 17.4 Å². The van der Waals surface area contributed by atoms with Gasteiger partial charge in [0.2, 0.25) is 0 Å². The summed E-state index contributed by atoms with van der Waals surface area (Å²) in [6, 6.07) is 5.50. The Morgan fingerprint density at radius 3 is 2.64 bits per heavy atom. The second kappa shape index (κ2) is 9.01. The first-order valence-corrected chi connectivity index (χ1v) is 9.76. The fraction of sp³-hybridized carbons (Fsp3) is 0.476. The molecule has 0 bridgehead atoms. The first-order valence-electron chi connectivity index (χ1n) is 9.76. The third-order valence-corrected chi connectivity index (χ3v) is 4.89. The van der Waals surface area contributed by atoms with Crippen molar-refractivity contribution in [2.75, 3.05) is 36.5 Å². The number of hydrogen-bond donors (Lipinski definition) is 1. The number of morpholine rings is 1. The molecule has 0 aliphatic carbocycles. The van der Waals surface area contributed by atoms with Crippen LogP contribution in [0, 0.1) is 12.8 Å². The summed E-state index contributed by atoms with van der Waals surface area (Å²) >= 11 is 0. The first-order chi connectivity index (χ1) is 13.5. The number of aryl methyl sites for hydroxylation is 2. The summed E-state index contributed by atoms with van der Waals surface area (Å²) < 4.78 is 6.96. The fourth-order valence-electron chi connectivity index (χ4n) is 3.15. The number of rotatable bonds is 6. The summed E-state index contributed by atoms with van der Waals surface area (Å²) in [7, 11) is 0. The number of aromatic nitrogens is 2. The zero-order chi connectivity index (χ0) is 20.1. The van der Waals surface area contributed by atoms with Gasteiger partial charge in [-0.05, 0) is 43.0 Å². The molecule has 0 aromatic carbocycles. The molecule has 1 fully saturated rings. The Morgan fingerprint density at radius 2 is 2.00 bits per heavy atom. The van der Waals surface area contributed by atoms with Crippen LogP contribution in [0.3, 0.4) is 0 Å². The molecule has 150 valence electrons. The van der Waals surface area contributed by atoms with Crippen molar-refractivity contribution in [3.8, 4) is 0 Å². The van der Waals surface area contributed by atoms with E-state index in [0.717, 1.165) is 25.3 Å². The van der Waals surface area contributed by atoms with E-state index in [-0.39, 0.29) is 11.1 Å². The summed E-state index contributed by atoms with van der Waals surface area (Å²) in [5.74, 6) is 0.942. The predicted molar refractivity (Wildman–Crippen MR) is 110 cm³/mol. The molecule has 2 aromatic rings. The topological polar surface area (TPSA) is 76.5 Å². The van der Waals surface area contributed by atoms with Crippen molar-refractivity contribution < 1.29 is 9.53 Å². The quantitative estimate of drug-likeness (QED) is 0.829. The van der Waals surface area contributed by atoms with Crippen molar-refractivity contribution in [3.63, 3.8) is 0 Å². The van der Waals surface area contributed by atoms with Gasteiger partial charge in [0.1, 0.15) is 11.4 Å². The van der Waals surface area contributed by atoms with E-state index in [9.17, 15) is 9.59 Å². The summed E-state index contributed by atoms with van der Waals surface area (Å²) in [5, 5.41) is 2.80. The number of carbonyl (C=O) groups excluding carboxylic acids is 1. The van der Waals surface area contributed by atoms with Gasteiger partial charge in [-0.1, -0.05) is 13.8 Å². The van der Waals surface area contributed by atoms with Crippen LogP contribution >= 0.6 is 0 Å². The number of amides is 1. The normalized spacial score (nSPS) is 14.4. The number of hydrogen-bond acceptors (Lipinski definition) is 5. The van der Waals surface area contributed by atoms with E-state index in [4.69, 9.17) is 4.74 Å². The van der Waals surface area contributed by atoms with Crippen molar-refractivity contribution in [1.82, 2.24) is 9.55 Å². The Kier molecular flexibility index (Phi) is 6.46. The SMILES string of the molecule is Cc1ccn(CCC(C)C)c(=O)c1C(=O)Nc1ccc(N2CCOCC2)nc1. The summed E-state index contributed by atoms with van der Waals surface area (Å²) in [4.78, 5) is 32.1. The lowest BCUT2D eigenvalue weighted by Gasteiger charge is -2.27. The van der Waals surface area contributed by atoms with E-state index in [2.05, 4.69) is 29.0 Å². The highest BCUT2D eigenvalue weighted by atomic mass is 16.5. The van der Waals surface area contributed by atoms with Gasteiger partial charge < -0.3 is 19.5 Å². The maximum absolute atomic E-state index is 12.8. The van der Waals surface area contributed by atoms with Gasteiger partial charge in [-0.15, -0.1) is 0 Å². The minimum absolute atomic E-state index is 0.184. The van der Waals surface area contributed by atoms with E-state index in [1.807, 2.05) is 18.2 Å². The number of anilines is 2. The first kappa shape index (κ1) is 20.1. The summed E-state index contributed by atoms with van der Waals surface area (Å²) in [6.07, 6.45) is 4.27. The number of carbonyl (C=O) groups is 1. The largest absolute Gasteiger partial charge is 0.378 e. The van der Waals surface area contributed by atoms with Crippen molar-refractivity contribution in [2.45, 2.75) is 33.7 Å². The summed E-state index contributed by atoms with van der Waals surface area (Å²) in [6.45, 7) is 9.60. The van der Waals surface area contributed by atoms with E-state index in [0.29, 0.717) is 36.9 Å². The van der Waals surface area contributed by atoms with Crippen LogP contribution in [0.15, 0.2) is 35.4 Å². The molecule has 3 heterocycles. The number of nitrogens with one attached hydrogen (secondary N) is 1. The average molecular weight is 384 g/mol. The monoisotopic (exact) mass is 384 g/mol.